The molecular formula is C19H20N2O3S. The van der Waals surface area contributed by atoms with Crippen LogP contribution in [0.4, 0.5) is 5.69 Å². The molecule has 1 aromatic heterocycles. The minimum Gasteiger partial charge on any atom is -0.508 e. The fourth-order valence-corrected chi connectivity index (χ4v) is 3.68. The first-order valence-corrected chi connectivity index (χ1v) is 9.08. The van der Waals surface area contributed by atoms with Crippen molar-refractivity contribution in [3.63, 3.8) is 0 Å². The number of aryl methyl sites for hydroxylation is 1. The molecule has 130 valence electrons. The van der Waals surface area contributed by atoms with Crippen molar-refractivity contribution in [2.24, 2.45) is 0 Å². The highest BCUT2D eigenvalue weighted by molar-refractivity contribution is 7.13. The number of amides is 1. The average molecular weight is 356 g/mol. The van der Waals surface area contributed by atoms with Crippen LogP contribution in [0.25, 0.3) is 10.1 Å². The molecule has 0 saturated heterocycles. The fraction of sp³-hybridized carbons (Fsp3) is 0.263. The van der Waals surface area contributed by atoms with Crippen LogP contribution in [-0.4, -0.2) is 15.0 Å². The Labute approximate surface area is 149 Å². The molecule has 0 unspecified atom stereocenters. The Hall–Kier alpha value is -2.60. The Morgan fingerprint density at radius 1 is 1.04 bits per heavy atom. The molecule has 6 heteroatoms. The predicted octanol–water partition coefficient (Wildman–Crippen LogP) is 3.97. The van der Waals surface area contributed by atoms with Gasteiger partial charge in [0, 0.05) is 18.7 Å². The van der Waals surface area contributed by atoms with Crippen LogP contribution in [-0.2, 0) is 11.3 Å². The van der Waals surface area contributed by atoms with Crippen LogP contribution in [0.1, 0.15) is 25.7 Å². The Morgan fingerprint density at radius 3 is 2.56 bits per heavy atom. The lowest BCUT2D eigenvalue weighted by Gasteiger charge is -2.05. The van der Waals surface area contributed by atoms with Gasteiger partial charge >= 0.3 is 0 Å². The number of carbonyl (C=O) groups is 1. The summed E-state index contributed by atoms with van der Waals surface area (Å²) in [5, 5.41) is 12.8. The van der Waals surface area contributed by atoms with Gasteiger partial charge in [-0.1, -0.05) is 30.1 Å². The molecule has 0 spiro atoms. The summed E-state index contributed by atoms with van der Waals surface area (Å²) < 4.78 is 2.81. The summed E-state index contributed by atoms with van der Waals surface area (Å²) in [5.41, 5.74) is 0.755. The van der Waals surface area contributed by atoms with Gasteiger partial charge < -0.3 is 10.4 Å². The summed E-state index contributed by atoms with van der Waals surface area (Å²) >= 11 is 1.50. The van der Waals surface area contributed by atoms with E-state index >= 15 is 0 Å². The van der Waals surface area contributed by atoms with E-state index in [9.17, 15) is 14.7 Å². The summed E-state index contributed by atoms with van der Waals surface area (Å²) in [4.78, 5) is 24.1. The molecule has 0 fully saturated rings. The Kier molecular flexibility index (Phi) is 5.50. The minimum atomic E-state index is -0.0373. The van der Waals surface area contributed by atoms with Crippen LogP contribution in [0.15, 0.2) is 53.3 Å². The second-order valence-corrected chi connectivity index (χ2v) is 6.96. The van der Waals surface area contributed by atoms with E-state index in [4.69, 9.17) is 0 Å². The summed E-state index contributed by atoms with van der Waals surface area (Å²) in [6, 6.07) is 14.1. The van der Waals surface area contributed by atoms with Crippen LogP contribution in [0.2, 0.25) is 0 Å². The minimum absolute atomic E-state index is 0.0373. The van der Waals surface area contributed by atoms with Crippen molar-refractivity contribution in [1.82, 2.24) is 3.96 Å². The van der Waals surface area contributed by atoms with Crippen molar-refractivity contribution in [2.45, 2.75) is 32.2 Å². The number of aromatic hydroxyl groups is 1. The first-order valence-electron chi connectivity index (χ1n) is 8.31. The molecule has 1 heterocycles. The molecular weight excluding hydrogens is 336 g/mol. The number of aromatic nitrogens is 1. The van der Waals surface area contributed by atoms with Crippen LogP contribution in [0, 0.1) is 0 Å². The van der Waals surface area contributed by atoms with Crippen molar-refractivity contribution in [2.75, 3.05) is 5.32 Å². The largest absolute Gasteiger partial charge is 0.508 e. The lowest BCUT2D eigenvalue weighted by atomic mass is 10.2. The maximum atomic E-state index is 12.2. The normalized spacial score (nSPS) is 10.9. The van der Waals surface area contributed by atoms with Crippen LogP contribution < -0.4 is 10.9 Å². The van der Waals surface area contributed by atoms with Crippen LogP contribution in [0.5, 0.6) is 5.75 Å². The van der Waals surface area contributed by atoms with Gasteiger partial charge in [-0.2, -0.15) is 0 Å². The van der Waals surface area contributed by atoms with Gasteiger partial charge in [0.25, 0.3) is 5.56 Å². The lowest BCUT2D eigenvalue weighted by Crippen LogP contribution is -2.13. The highest BCUT2D eigenvalue weighted by atomic mass is 32.1. The summed E-state index contributed by atoms with van der Waals surface area (Å²) in [5.74, 6) is 0.138. The fourth-order valence-electron chi connectivity index (χ4n) is 2.65. The zero-order chi connectivity index (χ0) is 17.6. The number of fused-ring (bicyclic) bond motifs is 1. The Morgan fingerprint density at radius 2 is 1.80 bits per heavy atom. The number of nitrogens with zero attached hydrogens (tertiary/aromatic N) is 1. The number of phenolic OH excluding ortho intramolecular Hbond substituents is 1. The van der Waals surface area contributed by atoms with Gasteiger partial charge in [0.1, 0.15) is 5.75 Å². The molecule has 1 amide bonds. The van der Waals surface area contributed by atoms with Crippen molar-refractivity contribution < 1.29 is 9.90 Å². The van der Waals surface area contributed by atoms with E-state index in [1.54, 1.807) is 28.2 Å². The van der Waals surface area contributed by atoms with Crippen molar-refractivity contribution in [3.05, 3.63) is 58.9 Å². The molecule has 0 radical (unpaired) electrons. The van der Waals surface area contributed by atoms with Gasteiger partial charge in [-0.15, -0.1) is 0 Å². The highest BCUT2D eigenvalue weighted by Gasteiger charge is 2.07. The van der Waals surface area contributed by atoms with Crippen molar-refractivity contribution in [3.8, 4) is 5.75 Å². The molecule has 2 aromatic carbocycles. The first-order chi connectivity index (χ1) is 12.1. The maximum Gasteiger partial charge on any atom is 0.268 e. The van der Waals surface area contributed by atoms with Crippen LogP contribution >= 0.6 is 11.5 Å². The number of anilines is 1. The van der Waals surface area contributed by atoms with Gasteiger partial charge in [0.05, 0.1) is 10.1 Å². The van der Waals surface area contributed by atoms with E-state index in [2.05, 4.69) is 5.32 Å². The van der Waals surface area contributed by atoms with E-state index in [0.717, 1.165) is 29.3 Å². The molecule has 0 bridgehead atoms. The standard InChI is InChI=1S/C19H20N2O3S/c22-15-11-9-14(10-12-15)20-18(23)8-2-1-5-13-21-19(24)16-6-3-4-7-17(16)25-21/h3-4,6-7,9-12,22H,1-2,5,8,13H2,(H,20,23). The molecule has 0 aliphatic heterocycles. The number of rotatable bonds is 7. The van der Waals surface area contributed by atoms with E-state index in [1.807, 2.05) is 24.3 Å². The van der Waals surface area contributed by atoms with E-state index in [0.29, 0.717) is 18.7 Å². The second-order valence-electron chi connectivity index (χ2n) is 5.90. The molecule has 0 aliphatic rings. The molecule has 5 nitrogen and oxygen atoms in total. The molecule has 0 saturated carbocycles. The molecule has 0 aliphatic carbocycles. The van der Waals surface area contributed by atoms with Gasteiger partial charge in [-0.3, -0.25) is 13.5 Å². The quantitative estimate of drug-likeness (QED) is 0.497. The summed E-state index contributed by atoms with van der Waals surface area (Å²) in [7, 11) is 0. The number of benzene rings is 2. The van der Waals surface area contributed by atoms with Crippen molar-refractivity contribution in [1.29, 1.82) is 0 Å². The molecule has 3 aromatic rings. The zero-order valence-electron chi connectivity index (χ0n) is 13.8. The molecule has 0 atom stereocenters. The number of phenols is 1. The Bertz CT molecular complexity index is 912. The van der Waals surface area contributed by atoms with Crippen LogP contribution in [0.3, 0.4) is 0 Å². The monoisotopic (exact) mass is 356 g/mol. The Balaban J connectivity index is 1.41. The topological polar surface area (TPSA) is 71.3 Å². The third-order valence-corrected chi connectivity index (χ3v) is 5.09. The van der Waals surface area contributed by atoms with Crippen molar-refractivity contribution >= 4 is 33.2 Å². The van der Waals surface area contributed by atoms with E-state index in [-0.39, 0.29) is 17.2 Å². The van der Waals surface area contributed by atoms with E-state index in [1.165, 1.54) is 11.5 Å². The molecule has 2 N–H and O–H groups in total. The number of carbonyl (C=O) groups excluding carboxylic acids is 1. The third kappa shape index (κ3) is 4.48. The smallest absolute Gasteiger partial charge is 0.268 e. The number of hydrogen-bond donors (Lipinski definition) is 2. The van der Waals surface area contributed by atoms with E-state index < -0.39 is 0 Å². The molecule has 25 heavy (non-hydrogen) atoms. The lowest BCUT2D eigenvalue weighted by molar-refractivity contribution is -0.116. The highest BCUT2D eigenvalue weighted by Crippen LogP contribution is 2.17. The summed E-state index contributed by atoms with van der Waals surface area (Å²) in [6.45, 7) is 0.692. The summed E-state index contributed by atoms with van der Waals surface area (Å²) in [6.07, 6.45) is 2.99. The predicted molar refractivity (Wildman–Crippen MR) is 101 cm³/mol. The second kappa shape index (κ2) is 7.98. The number of nitrogens with one attached hydrogen (secondary N) is 1. The number of hydrogen-bond acceptors (Lipinski definition) is 4. The van der Waals surface area contributed by atoms with Gasteiger partial charge in [0.15, 0.2) is 0 Å². The SMILES string of the molecule is O=C(CCCCCn1sc2ccccc2c1=O)Nc1ccc(O)cc1. The molecule has 3 rings (SSSR count). The number of unbranched alkanes of at least 4 members (excludes halogenated alkanes) is 2. The van der Waals surface area contributed by atoms with Gasteiger partial charge in [-0.05, 0) is 49.2 Å². The first kappa shape index (κ1) is 17.2. The zero-order valence-corrected chi connectivity index (χ0v) is 14.6. The maximum absolute atomic E-state index is 12.2. The average Bonchev–Trinajstić information content (AvgIpc) is 2.93. The van der Waals surface area contributed by atoms with Gasteiger partial charge in [-0.25, -0.2) is 0 Å². The third-order valence-electron chi connectivity index (χ3n) is 3.97. The van der Waals surface area contributed by atoms with Gasteiger partial charge in [0.2, 0.25) is 5.91 Å².